The Bertz CT molecular complexity index is 584. The third-order valence-electron chi connectivity index (χ3n) is 3.38. The van der Waals surface area contributed by atoms with Crippen molar-refractivity contribution in [3.8, 4) is 0 Å². The average Bonchev–Trinajstić information content (AvgIpc) is 2.48. The SMILES string of the molecule is CNc1nccc(N2CCN(C)c3ccccc32)n1. The lowest BCUT2D eigenvalue weighted by Gasteiger charge is -2.36. The maximum Gasteiger partial charge on any atom is 0.224 e. The number of fused-ring (bicyclic) bond motifs is 1. The van der Waals surface area contributed by atoms with E-state index in [1.165, 1.54) is 11.4 Å². The second-order valence-electron chi connectivity index (χ2n) is 4.55. The van der Waals surface area contributed by atoms with Crippen molar-refractivity contribution in [1.82, 2.24) is 9.97 Å². The van der Waals surface area contributed by atoms with Crippen molar-refractivity contribution >= 4 is 23.1 Å². The van der Waals surface area contributed by atoms with Gasteiger partial charge in [0.15, 0.2) is 0 Å². The van der Waals surface area contributed by atoms with Crippen LogP contribution in [0, 0.1) is 0 Å². The number of nitrogens with one attached hydrogen (secondary N) is 1. The van der Waals surface area contributed by atoms with E-state index >= 15 is 0 Å². The Morgan fingerprint density at radius 3 is 2.68 bits per heavy atom. The number of para-hydroxylation sites is 2. The quantitative estimate of drug-likeness (QED) is 0.890. The van der Waals surface area contributed by atoms with Gasteiger partial charge in [0.25, 0.3) is 0 Å². The lowest BCUT2D eigenvalue weighted by Crippen LogP contribution is -2.36. The van der Waals surface area contributed by atoms with Crippen LogP contribution in [0.2, 0.25) is 0 Å². The molecule has 0 atom stereocenters. The minimum atomic E-state index is 0.647. The molecule has 0 unspecified atom stereocenters. The molecule has 1 aliphatic heterocycles. The van der Waals surface area contributed by atoms with Gasteiger partial charge in [0.1, 0.15) is 5.82 Å². The van der Waals surface area contributed by atoms with Crippen LogP contribution in [0.15, 0.2) is 36.5 Å². The molecule has 0 spiro atoms. The summed E-state index contributed by atoms with van der Waals surface area (Å²) < 4.78 is 0. The maximum absolute atomic E-state index is 4.52. The molecule has 0 radical (unpaired) electrons. The highest BCUT2D eigenvalue weighted by molar-refractivity contribution is 5.78. The van der Waals surface area contributed by atoms with Crippen molar-refractivity contribution in [2.24, 2.45) is 0 Å². The fourth-order valence-electron chi connectivity index (χ4n) is 2.36. The first-order valence-electron chi connectivity index (χ1n) is 6.38. The molecule has 5 heteroatoms. The van der Waals surface area contributed by atoms with Crippen LogP contribution in [-0.2, 0) is 0 Å². The number of hydrogen-bond donors (Lipinski definition) is 1. The van der Waals surface area contributed by atoms with E-state index in [2.05, 4.69) is 56.4 Å². The molecule has 19 heavy (non-hydrogen) atoms. The van der Waals surface area contributed by atoms with E-state index in [4.69, 9.17) is 0 Å². The Kier molecular flexibility index (Phi) is 2.95. The zero-order valence-corrected chi connectivity index (χ0v) is 11.2. The molecular formula is C14H17N5. The zero-order valence-electron chi connectivity index (χ0n) is 11.2. The van der Waals surface area contributed by atoms with Crippen molar-refractivity contribution in [3.63, 3.8) is 0 Å². The molecule has 2 heterocycles. The van der Waals surface area contributed by atoms with E-state index in [1.54, 1.807) is 6.20 Å². The second-order valence-corrected chi connectivity index (χ2v) is 4.55. The highest BCUT2D eigenvalue weighted by Gasteiger charge is 2.21. The van der Waals surface area contributed by atoms with E-state index in [1.807, 2.05) is 13.1 Å². The number of likely N-dealkylation sites (N-methyl/N-ethyl adjacent to an activating group) is 1. The number of rotatable bonds is 2. The first-order chi connectivity index (χ1) is 9.29. The summed E-state index contributed by atoms with van der Waals surface area (Å²) in [5.74, 6) is 1.58. The number of benzene rings is 1. The van der Waals surface area contributed by atoms with Gasteiger partial charge in [-0.2, -0.15) is 4.98 Å². The van der Waals surface area contributed by atoms with Crippen LogP contribution in [0.25, 0.3) is 0 Å². The summed E-state index contributed by atoms with van der Waals surface area (Å²) in [7, 11) is 3.95. The monoisotopic (exact) mass is 255 g/mol. The van der Waals surface area contributed by atoms with Crippen molar-refractivity contribution in [1.29, 1.82) is 0 Å². The largest absolute Gasteiger partial charge is 0.371 e. The van der Waals surface area contributed by atoms with Crippen LogP contribution in [0.5, 0.6) is 0 Å². The molecule has 1 aromatic heterocycles. The van der Waals surface area contributed by atoms with E-state index in [9.17, 15) is 0 Å². The molecule has 0 bridgehead atoms. The van der Waals surface area contributed by atoms with Crippen LogP contribution in [0.4, 0.5) is 23.1 Å². The molecule has 98 valence electrons. The van der Waals surface area contributed by atoms with Crippen LogP contribution in [0.3, 0.4) is 0 Å². The smallest absolute Gasteiger partial charge is 0.224 e. The van der Waals surface area contributed by atoms with Gasteiger partial charge in [0.05, 0.1) is 11.4 Å². The minimum Gasteiger partial charge on any atom is -0.371 e. The van der Waals surface area contributed by atoms with Gasteiger partial charge in [-0.05, 0) is 18.2 Å². The van der Waals surface area contributed by atoms with Crippen molar-refractivity contribution < 1.29 is 0 Å². The fourth-order valence-corrected chi connectivity index (χ4v) is 2.36. The molecule has 0 saturated heterocycles. The molecule has 0 aliphatic carbocycles. The molecule has 0 fully saturated rings. The van der Waals surface area contributed by atoms with E-state index in [-0.39, 0.29) is 0 Å². The molecule has 1 aromatic carbocycles. The van der Waals surface area contributed by atoms with Crippen LogP contribution in [0.1, 0.15) is 0 Å². The zero-order chi connectivity index (χ0) is 13.2. The van der Waals surface area contributed by atoms with Gasteiger partial charge < -0.3 is 15.1 Å². The van der Waals surface area contributed by atoms with Gasteiger partial charge in [0, 0.05) is 33.4 Å². The predicted octanol–water partition coefficient (Wildman–Crippen LogP) is 2.11. The Labute approximate surface area is 112 Å². The molecule has 5 nitrogen and oxygen atoms in total. The van der Waals surface area contributed by atoms with Crippen molar-refractivity contribution in [2.75, 3.05) is 42.3 Å². The van der Waals surface area contributed by atoms with Gasteiger partial charge in [-0.15, -0.1) is 0 Å². The van der Waals surface area contributed by atoms with Gasteiger partial charge >= 0.3 is 0 Å². The molecule has 1 aliphatic rings. The lowest BCUT2D eigenvalue weighted by molar-refractivity contribution is 0.812. The van der Waals surface area contributed by atoms with Crippen LogP contribution in [-0.4, -0.2) is 37.2 Å². The Hall–Kier alpha value is -2.30. The molecule has 3 rings (SSSR count). The molecule has 0 saturated carbocycles. The third kappa shape index (κ3) is 2.07. The Morgan fingerprint density at radius 1 is 1.11 bits per heavy atom. The summed E-state index contributed by atoms with van der Waals surface area (Å²) in [6, 6.07) is 10.3. The Morgan fingerprint density at radius 2 is 1.89 bits per heavy atom. The van der Waals surface area contributed by atoms with Gasteiger partial charge in [-0.3, -0.25) is 0 Å². The first kappa shape index (κ1) is 11.8. The number of hydrogen-bond acceptors (Lipinski definition) is 5. The number of aromatic nitrogens is 2. The topological polar surface area (TPSA) is 44.3 Å². The standard InChI is InChI=1S/C14H17N5/c1-15-14-16-8-7-13(17-14)19-10-9-18(2)11-5-3-4-6-12(11)19/h3-8H,9-10H2,1-2H3,(H,15,16,17). The normalized spacial score (nSPS) is 14.2. The van der Waals surface area contributed by atoms with Crippen molar-refractivity contribution in [2.45, 2.75) is 0 Å². The Balaban J connectivity index is 2.04. The summed E-state index contributed by atoms with van der Waals surface area (Å²) in [6.07, 6.45) is 1.79. The molecular weight excluding hydrogens is 238 g/mol. The summed E-state index contributed by atoms with van der Waals surface area (Å²) in [5.41, 5.74) is 2.43. The summed E-state index contributed by atoms with van der Waals surface area (Å²) in [4.78, 5) is 13.2. The predicted molar refractivity (Wildman–Crippen MR) is 78.3 cm³/mol. The fraction of sp³-hybridized carbons (Fsp3) is 0.286. The highest BCUT2D eigenvalue weighted by Crippen LogP contribution is 2.35. The summed E-state index contributed by atoms with van der Waals surface area (Å²) >= 11 is 0. The average molecular weight is 255 g/mol. The molecule has 1 N–H and O–H groups in total. The number of anilines is 4. The molecule has 2 aromatic rings. The summed E-state index contributed by atoms with van der Waals surface area (Å²) in [6.45, 7) is 1.91. The maximum atomic E-state index is 4.52. The van der Waals surface area contributed by atoms with Crippen LogP contribution >= 0.6 is 0 Å². The van der Waals surface area contributed by atoms with Gasteiger partial charge in [-0.1, -0.05) is 12.1 Å². The van der Waals surface area contributed by atoms with Gasteiger partial charge in [-0.25, -0.2) is 4.98 Å². The third-order valence-corrected chi connectivity index (χ3v) is 3.38. The second kappa shape index (κ2) is 4.76. The summed E-state index contributed by atoms with van der Waals surface area (Å²) in [5, 5.41) is 2.98. The van der Waals surface area contributed by atoms with E-state index < -0.39 is 0 Å². The first-order valence-corrected chi connectivity index (χ1v) is 6.38. The van der Waals surface area contributed by atoms with Crippen LogP contribution < -0.4 is 15.1 Å². The van der Waals surface area contributed by atoms with E-state index in [0.717, 1.165) is 18.9 Å². The number of nitrogens with zero attached hydrogens (tertiary/aromatic N) is 4. The lowest BCUT2D eigenvalue weighted by atomic mass is 10.2. The molecule has 0 amide bonds. The van der Waals surface area contributed by atoms with Crippen molar-refractivity contribution in [3.05, 3.63) is 36.5 Å². The van der Waals surface area contributed by atoms with E-state index in [0.29, 0.717) is 5.95 Å². The van der Waals surface area contributed by atoms with Gasteiger partial charge in [0.2, 0.25) is 5.95 Å². The highest BCUT2D eigenvalue weighted by atomic mass is 15.3. The minimum absolute atomic E-state index is 0.647.